The summed E-state index contributed by atoms with van der Waals surface area (Å²) in [6.45, 7) is 0.314. The highest BCUT2D eigenvalue weighted by Crippen LogP contribution is 2.19. The zero-order valence-electron chi connectivity index (χ0n) is 16.7. The Morgan fingerprint density at radius 1 is 1.00 bits per heavy atom. The first-order chi connectivity index (χ1) is 15.0. The minimum absolute atomic E-state index is 0.293. The molecule has 3 rings (SSSR count). The van der Waals surface area contributed by atoms with Crippen LogP contribution in [-0.2, 0) is 16.2 Å². The van der Waals surface area contributed by atoms with Gasteiger partial charge in [0.1, 0.15) is 23.9 Å². The number of rotatable bonds is 7. The molecule has 3 aromatic rings. The van der Waals surface area contributed by atoms with Gasteiger partial charge in [-0.3, -0.25) is 9.59 Å². The van der Waals surface area contributed by atoms with Crippen molar-refractivity contribution in [2.24, 2.45) is 5.10 Å². The molecular weight excluding hydrogens is 401 g/mol. The summed E-state index contributed by atoms with van der Waals surface area (Å²) in [4.78, 5) is 23.8. The topological polar surface area (TPSA) is 89.0 Å². The highest BCUT2D eigenvalue weighted by Gasteiger charge is 2.13. The first kappa shape index (κ1) is 21.5. The predicted octanol–water partition coefficient (Wildman–Crippen LogP) is 3.50. The van der Waals surface area contributed by atoms with Crippen molar-refractivity contribution < 1.29 is 23.5 Å². The average molecular weight is 421 g/mol. The van der Waals surface area contributed by atoms with Crippen molar-refractivity contribution in [3.8, 4) is 11.5 Å². The van der Waals surface area contributed by atoms with E-state index in [2.05, 4.69) is 15.8 Å². The molecule has 0 radical (unpaired) electrons. The first-order valence-electron chi connectivity index (χ1n) is 9.30. The molecule has 8 heteroatoms. The molecule has 0 heterocycles. The lowest BCUT2D eigenvalue weighted by atomic mass is 10.2. The fraction of sp³-hybridized carbons (Fsp3) is 0.0870. The molecule has 0 unspecified atom stereocenters. The van der Waals surface area contributed by atoms with Crippen LogP contribution in [0.1, 0.15) is 11.1 Å². The maximum absolute atomic E-state index is 12.9. The largest absolute Gasteiger partial charge is 0.497 e. The van der Waals surface area contributed by atoms with Crippen molar-refractivity contribution in [1.82, 2.24) is 5.43 Å². The Balaban J connectivity index is 1.57. The molecule has 0 fully saturated rings. The van der Waals surface area contributed by atoms with Gasteiger partial charge in [-0.05, 0) is 54.1 Å². The lowest BCUT2D eigenvalue weighted by Gasteiger charge is -2.10. The molecule has 0 atom stereocenters. The summed E-state index contributed by atoms with van der Waals surface area (Å²) in [6.07, 6.45) is 1.38. The van der Waals surface area contributed by atoms with E-state index in [-0.39, 0.29) is 0 Å². The second-order valence-electron chi connectivity index (χ2n) is 6.34. The van der Waals surface area contributed by atoms with Gasteiger partial charge in [-0.25, -0.2) is 9.82 Å². The molecule has 0 aromatic heterocycles. The molecule has 0 aliphatic carbocycles. The summed E-state index contributed by atoms with van der Waals surface area (Å²) in [6, 6.07) is 19.7. The summed E-state index contributed by atoms with van der Waals surface area (Å²) in [5.74, 6) is -1.04. The van der Waals surface area contributed by atoms with Crippen LogP contribution in [-0.4, -0.2) is 25.1 Å². The van der Waals surface area contributed by atoms with Crippen molar-refractivity contribution in [1.29, 1.82) is 0 Å². The van der Waals surface area contributed by atoms with Crippen LogP contribution in [0.2, 0.25) is 0 Å². The Hall–Kier alpha value is -4.20. The Bertz CT molecular complexity index is 1080. The quantitative estimate of drug-likeness (QED) is 0.347. The van der Waals surface area contributed by atoms with Gasteiger partial charge in [0.25, 0.3) is 0 Å². The van der Waals surface area contributed by atoms with Crippen LogP contribution in [0.25, 0.3) is 0 Å². The van der Waals surface area contributed by atoms with Crippen LogP contribution in [0.15, 0.2) is 77.9 Å². The molecule has 0 aliphatic heterocycles. The number of amides is 2. The summed E-state index contributed by atoms with van der Waals surface area (Å²) >= 11 is 0. The number of methoxy groups -OCH3 is 1. The minimum Gasteiger partial charge on any atom is -0.497 e. The van der Waals surface area contributed by atoms with Gasteiger partial charge in [0.2, 0.25) is 0 Å². The number of benzene rings is 3. The van der Waals surface area contributed by atoms with E-state index in [9.17, 15) is 14.0 Å². The molecule has 31 heavy (non-hydrogen) atoms. The van der Waals surface area contributed by atoms with Crippen LogP contribution in [0.4, 0.5) is 10.1 Å². The van der Waals surface area contributed by atoms with E-state index in [1.54, 1.807) is 25.3 Å². The second-order valence-corrected chi connectivity index (χ2v) is 6.34. The summed E-state index contributed by atoms with van der Waals surface area (Å²) < 4.78 is 24.0. The van der Waals surface area contributed by atoms with Crippen molar-refractivity contribution in [3.05, 3.63) is 89.7 Å². The maximum atomic E-state index is 12.9. The lowest BCUT2D eigenvalue weighted by Crippen LogP contribution is -2.32. The molecule has 0 saturated carbocycles. The molecular formula is C23H20FN3O4. The third kappa shape index (κ3) is 6.40. The van der Waals surface area contributed by atoms with Crippen LogP contribution in [0, 0.1) is 5.82 Å². The number of hydrogen-bond acceptors (Lipinski definition) is 5. The van der Waals surface area contributed by atoms with Gasteiger partial charge in [-0.15, -0.1) is 0 Å². The fourth-order valence-corrected chi connectivity index (χ4v) is 2.57. The maximum Gasteiger partial charge on any atom is 0.329 e. The van der Waals surface area contributed by atoms with Gasteiger partial charge in [-0.2, -0.15) is 5.10 Å². The van der Waals surface area contributed by atoms with Gasteiger partial charge in [-0.1, -0.05) is 24.3 Å². The predicted molar refractivity (Wildman–Crippen MR) is 115 cm³/mol. The number of hydrogen-bond donors (Lipinski definition) is 2. The minimum atomic E-state index is -0.963. The molecule has 0 spiro atoms. The van der Waals surface area contributed by atoms with Gasteiger partial charge in [0, 0.05) is 11.3 Å². The SMILES string of the molecule is COc1cccc(COc2ccccc2C=NNC(=O)C(=O)Nc2ccc(F)cc2)c1. The number of ether oxygens (including phenoxy) is 2. The molecule has 2 amide bonds. The molecule has 7 nitrogen and oxygen atoms in total. The number of hydrazone groups is 1. The van der Waals surface area contributed by atoms with Crippen LogP contribution in [0.5, 0.6) is 11.5 Å². The molecule has 0 saturated heterocycles. The number of nitrogens with zero attached hydrogens (tertiary/aromatic N) is 1. The second kappa shape index (κ2) is 10.5. The fourth-order valence-electron chi connectivity index (χ4n) is 2.57. The number of nitrogens with one attached hydrogen (secondary N) is 2. The Kier molecular flexibility index (Phi) is 7.31. The van der Waals surface area contributed by atoms with Crippen molar-refractivity contribution in [2.45, 2.75) is 6.61 Å². The third-order valence-corrected chi connectivity index (χ3v) is 4.13. The highest BCUT2D eigenvalue weighted by molar-refractivity contribution is 6.39. The van der Waals surface area contributed by atoms with E-state index in [1.807, 2.05) is 30.3 Å². The number of carbonyl (C=O) groups is 2. The number of carbonyl (C=O) groups excluding carboxylic acids is 2. The van der Waals surface area contributed by atoms with Crippen molar-refractivity contribution >= 4 is 23.7 Å². The van der Waals surface area contributed by atoms with Crippen LogP contribution in [0.3, 0.4) is 0 Å². The molecule has 0 aliphatic rings. The van der Waals surface area contributed by atoms with Gasteiger partial charge < -0.3 is 14.8 Å². The number of para-hydroxylation sites is 1. The smallest absolute Gasteiger partial charge is 0.329 e. The van der Waals surface area contributed by atoms with Crippen LogP contribution >= 0.6 is 0 Å². The normalized spacial score (nSPS) is 10.5. The zero-order chi connectivity index (χ0) is 22.1. The zero-order valence-corrected chi connectivity index (χ0v) is 16.7. The molecule has 3 aromatic carbocycles. The van der Waals surface area contributed by atoms with Gasteiger partial charge in [0.15, 0.2) is 0 Å². The van der Waals surface area contributed by atoms with Gasteiger partial charge in [0.05, 0.1) is 13.3 Å². The van der Waals surface area contributed by atoms with Crippen LogP contribution < -0.4 is 20.2 Å². The summed E-state index contributed by atoms with van der Waals surface area (Å²) in [5.41, 5.74) is 3.99. The van der Waals surface area contributed by atoms with E-state index in [4.69, 9.17) is 9.47 Å². The van der Waals surface area contributed by atoms with E-state index >= 15 is 0 Å². The van der Waals surface area contributed by atoms with Crippen molar-refractivity contribution in [3.63, 3.8) is 0 Å². The highest BCUT2D eigenvalue weighted by atomic mass is 19.1. The standard InChI is InChI=1S/C23H20FN3O4/c1-30-20-7-4-5-16(13-20)15-31-21-8-3-2-6-17(21)14-25-27-23(29)22(28)26-19-11-9-18(24)10-12-19/h2-14H,15H2,1H3,(H,26,28)(H,27,29). The lowest BCUT2D eigenvalue weighted by molar-refractivity contribution is -0.136. The molecule has 158 valence electrons. The first-order valence-corrected chi connectivity index (χ1v) is 9.30. The molecule has 0 bridgehead atoms. The Morgan fingerprint density at radius 2 is 1.77 bits per heavy atom. The Labute approximate surface area is 178 Å². The number of anilines is 1. The van der Waals surface area contributed by atoms with E-state index in [0.717, 1.165) is 11.3 Å². The van der Waals surface area contributed by atoms with Crippen molar-refractivity contribution in [2.75, 3.05) is 12.4 Å². The van der Waals surface area contributed by atoms with E-state index in [1.165, 1.54) is 30.5 Å². The van der Waals surface area contributed by atoms with E-state index < -0.39 is 17.6 Å². The number of halogens is 1. The van der Waals surface area contributed by atoms with Gasteiger partial charge >= 0.3 is 11.8 Å². The third-order valence-electron chi connectivity index (χ3n) is 4.13. The summed E-state index contributed by atoms with van der Waals surface area (Å²) in [7, 11) is 1.60. The summed E-state index contributed by atoms with van der Waals surface area (Å²) in [5, 5.41) is 6.17. The van der Waals surface area contributed by atoms with E-state index in [0.29, 0.717) is 23.6 Å². The molecule has 2 N–H and O–H groups in total. The average Bonchev–Trinajstić information content (AvgIpc) is 2.80. The monoisotopic (exact) mass is 421 g/mol. The Morgan fingerprint density at radius 3 is 2.55 bits per heavy atom.